The number of ether oxygens (including phenoxy) is 2. The fourth-order valence-electron chi connectivity index (χ4n) is 3.55. The number of unbranched alkanes of at least 4 members (excludes halogenated alkanes) is 1. The molecule has 0 aliphatic heterocycles. The predicted molar refractivity (Wildman–Crippen MR) is 112 cm³/mol. The molecule has 6 heteroatoms. The zero-order chi connectivity index (χ0) is 19.5. The van der Waals surface area contributed by atoms with Crippen molar-refractivity contribution in [2.75, 3.05) is 13.2 Å². The Morgan fingerprint density at radius 2 is 2.04 bits per heavy atom. The van der Waals surface area contributed by atoms with Gasteiger partial charge in [-0.25, -0.2) is 9.97 Å². The lowest BCUT2D eigenvalue weighted by Crippen LogP contribution is -2.12. The van der Waals surface area contributed by atoms with E-state index in [1.54, 1.807) is 6.20 Å². The Morgan fingerprint density at radius 1 is 1.18 bits per heavy atom. The van der Waals surface area contributed by atoms with E-state index in [4.69, 9.17) is 26.1 Å². The summed E-state index contributed by atoms with van der Waals surface area (Å²) in [5, 5.41) is 0.470. The average Bonchev–Trinajstić information content (AvgIpc) is 3.03. The molecule has 2 heterocycles. The van der Waals surface area contributed by atoms with E-state index in [-0.39, 0.29) is 0 Å². The minimum Gasteiger partial charge on any atom is -0.490 e. The van der Waals surface area contributed by atoms with Gasteiger partial charge in [-0.3, -0.25) is 4.40 Å². The number of hydrogen-bond acceptors (Lipinski definition) is 4. The third kappa shape index (κ3) is 3.55. The molecule has 1 aliphatic rings. The number of nitrogens with zero attached hydrogens (tertiary/aromatic N) is 3. The fourth-order valence-corrected chi connectivity index (χ4v) is 3.79. The van der Waals surface area contributed by atoms with Crippen molar-refractivity contribution in [3.63, 3.8) is 0 Å². The van der Waals surface area contributed by atoms with Gasteiger partial charge in [0.15, 0.2) is 16.7 Å². The highest BCUT2D eigenvalue weighted by Crippen LogP contribution is 2.41. The van der Waals surface area contributed by atoms with Crippen molar-refractivity contribution >= 4 is 17.1 Å². The molecule has 4 rings (SSSR count). The quantitative estimate of drug-likeness (QED) is 0.443. The molecule has 0 saturated heterocycles. The van der Waals surface area contributed by atoms with E-state index >= 15 is 0 Å². The lowest BCUT2D eigenvalue weighted by atomic mass is 9.85. The van der Waals surface area contributed by atoms with E-state index in [0.29, 0.717) is 24.3 Å². The monoisotopic (exact) mass is 399 g/mol. The Balaban J connectivity index is 1.79. The Hall–Kier alpha value is -2.27. The van der Waals surface area contributed by atoms with E-state index in [0.717, 1.165) is 46.9 Å². The molecule has 0 N–H and O–H groups in total. The SMILES string of the molecule is CCCCOc1cc(-c2nc(C3CCC3)n3ccnc(Cl)c23)ccc1OCC. The molecule has 0 amide bonds. The van der Waals surface area contributed by atoms with Gasteiger partial charge < -0.3 is 9.47 Å². The summed E-state index contributed by atoms with van der Waals surface area (Å²) in [6, 6.07) is 5.99. The van der Waals surface area contributed by atoms with E-state index in [1.165, 1.54) is 19.3 Å². The van der Waals surface area contributed by atoms with Gasteiger partial charge in [-0.15, -0.1) is 0 Å². The molecule has 0 unspecified atom stereocenters. The first kappa shape index (κ1) is 19.1. The standard InChI is InChI=1S/C22H26ClN3O2/c1-3-5-13-28-18-14-16(9-10-17(18)27-4-2)19-20-21(23)24-11-12-26(20)22(25-19)15-7-6-8-15/h9-12,14-15H,3-8,13H2,1-2H3. The summed E-state index contributed by atoms with van der Waals surface area (Å²) in [4.78, 5) is 9.29. The molecule has 1 aliphatic carbocycles. The number of halogens is 1. The van der Waals surface area contributed by atoms with Gasteiger partial charge >= 0.3 is 0 Å². The third-order valence-corrected chi connectivity index (χ3v) is 5.56. The first-order valence-corrected chi connectivity index (χ1v) is 10.5. The molecule has 1 fully saturated rings. The summed E-state index contributed by atoms with van der Waals surface area (Å²) in [5.74, 6) is 3.07. The van der Waals surface area contributed by atoms with E-state index in [1.807, 2.05) is 31.3 Å². The normalized spacial score (nSPS) is 14.2. The Bertz CT molecular complexity index is 966. The van der Waals surface area contributed by atoms with Crippen LogP contribution < -0.4 is 9.47 Å². The number of imidazole rings is 1. The second-order valence-electron chi connectivity index (χ2n) is 7.18. The smallest absolute Gasteiger partial charge is 0.161 e. The van der Waals surface area contributed by atoms with Crippen molar-refractivity contribution in [1.82, 2.24) is 14.4 Å². The Morgan fingerprint density at radius 3 is 2.75 bits per heavy atom. The molecule has 3 aromatic rings. The highest BCUT2D eigenvalue weighted by molar-refractivity contribution is 6.33. The number of benzene rings is 1. The first-order chi connectivity index (χ1) is 13.7. The van der Waals surface area contributed by atoms with Crippen molar-refractivity contribution in [3.8, 4) is 22.8 Å². The van der Waals surface area contributed by atoms with Gasteiger partial charge in [-0.2, -0.15) is 0 Å². The number of hydrogen-bond donors (Lipinski definition) is 0. The number of rotatable bonds is 8. The van der Waals surface area contributed by atoms with Gasteiger partial charge in [0.1, 0.15) is 11.3 Å². The summed E-state index contributed by atoms with van der Waals surface area (Å²) in [6.45, 7) is 5.39. The summed E-state index contributed by atoms with van der Waals surface area (Å²) < 4.78 is 13.9. The van der Waals surface area contributed by atoms with Crippen molar-refractivity contribution in [2.45, 2.75) is 51.9 Å². The largest absolute Gasteiger partial charge is 0.490 e. The van der Waals surface area contributed by atoms with Crippen LogP contribution in [0.3, 0.4) is 0 Å². The molecule has 0 bridgehead atoms. The van der Waals surface area contributed by atoms with E-state index < -0.39 is 0 Å². The van der Waals surface area contributed by atoms with Gasteiger partial charge in [0.05, 0.1) is 18.9 Å². The van der Waals surface area contributed by atoms with Crippen molar-refractivity contribution in [2.24, 2.45) is 0 Å². The van der Waals surface area contributed by atoms with Crippen LogP contribution in [0.25, 0.3) is 16.8 Å². The second-order valence-corrected chi connectivity index (χ2v) is 7.54. The van der Waals surface area contributed by atoms with Crippen molar-refractivity contribution in [3.05, 3.63) is 41.6 Å². The number of aromatic nitrogens is 3. The Kier molecular flexibility index (Phi) is 5.72. The summed E-state index contributed by atoms with van der Waals surface area (Å²) in [6.07, 6.45) is 9.39. The lowest BCUT2D eigenvalue weighted by Gasteiger charge is -2.23. The van der Waals surface area contributed by atoms with Crippen LogP contribution in [0, 0.1) is 0 Å². The minimum absolute atomic E-state index is 0.470. The molecule has 1 aromatic carbocycles. The van der Waals surface area contributed by atoms with E-state index in [2.05, 4.69) is 16.3 Å². The van der Waals surface area contributed by atoms with Crippen LogP contribution >= 0.6 is 11.6 Å². The maximum Gasteiger partial charge on any atom is 0.161 e. The summed E-state index contributed by atoms with van der Waals surface area (Å²) in [7, 11) is 0. The molecular weight excluding hydrogens is 374 g/mol. The van der Waals surface area contributed by atoms with Crippen LogP contribution in [-0.2, 0) is 0 Å². The molecule has 5 nitrogen and oxygen atoms in total. The van der Waals surface area contributed by atoms with Crippen LogP contribution in [0.4, 0.5) is 0 Å². The maximum absolute atomic E-state index is 6.49. The van der Waals surface area contributed by atoms with Crippen LogP contribution in [0.2, 0.25) is 5.15 Å². The molecule has 0 radical (unpaired) electrons. The third-order valence-electron chi connectivity index (χ3n) is 5.28. The highest BCUT2D eigenvalue weighted by atomic mass is 35.5. The molecule has 2 aromatic heterocycles. The van der Waals surface area contributed by atoms with Crippen LogP contribution in [0.15, 0.2) is 30.6 Å². The highest BCUT2D eigenvalue weighted by Gasteiger charge is 2.27. The van der Waals surface area contributed by atoms with Gasteiger partial charge in [0, 0.05) is 23.9 Å². The van der Waals surface area contributed by atoms with Gasteiger partial charge in [0.25, 0.3) is 0 Å². The molecule has 1 saturated carbocycles. The van der Waals surface area contributed by atoms with Crippen molar-refractivity contribution < 1.29 is 9.47 Å². The van der Waals surface area contributed by atoms with Crippen molar-refractivity contribution in [1.29, 1.82) is 0 Å². The predicted octanol–water partition coefficient (Wildman–Crippen LogP) is 5.89. The second kappa shape index (κ2) is 8.39. The van der Waals surface area contributed by atoms with Gasteiger partial charge in [-0.05, 0) is 44.4 Å². The summed E-state index contributed by atoms with van der Waals surface area (Å²) in [5.41, 5.74) is 2.67. The van der Waals surface area contributed by atoms with Crippen LogP contribution in [0.1, 0.15) is 57.7 Å². The molecule has 0 spiro atoms. The molecule has 0 atom stereocenters. The first-order valence-electron chi connectivity index (χ1n) is 10.1. The van der Waals surface area contributed by atoms with Gasteiger partial charge in [-0.1, -0.05) is 31.4 Å². The average molecular weight is 400 g/mol. The lowest BCUT2D eigenvalue weighted by molar-refractivity contribution is 0.273. The van der Waals surface area contributed by atoms with E-state index in [9.17, 15) is 0 Å². The minimum atomic E-state index is 0.470. The number of fused-ring (bicyclic) bond motifs is 1. The topological polar surface area (TPSA) is 48.7 Å². The Labute approximate surface area is 170 Å². The van der Waals surface area contributed by atoms with Gasteiger partial charge in [0.2, 0.25) is 0 Å². The maximum atomic E-state index is 6.49. The molecule has 28 heavy (non-hydrogen) atoms. The molecule has 148 valence electrons. The van der Waals surface area contributed by atoms with Crippen LogP contribution in [-0.4, -0.2) is 27.6 Å². The fraction of sp³-hybridized carbons (Fsp3) is 0.455. The van der Waals surface area contributed by atoms with Crippen LogP contribution in [0.5, 0.6) is 11.5 Å². The molecular formula is C22H26ClN3O2. The summed E-state index contributed by atoms with van der Waals surface area (Å²) >= 11 is 6.49. The zero-order valence-corrected chi connectivity index (χ0v) is 17.2. The zero-order valence-electron chi connectivity index (χ0n) is 16.4.